The molecule has 0 saturated carbocycles. The van der Waals surface area contributed by atoms with Crippen molar-refractivity contribution in [1.82, 2.24) is 10.2 Å². The van der Waals surface area contributed by atoms with E-state index >= 15 is 0 Å². The van der Waals surface area contributed by atoms with Gasteiger partial charge in [0.1, 0.15) is 19.0 Å². The van der Waals surface area contributed by atoms with Crippen LogP contribution in [-0.2, 0) is 11.2 Å². The van der Waals surface area contributed by atoms with Crippen molar-refractivity contribution in [1.29, 1.82) is 0 Å². The van der Waals surface area contributed by atoms with Crippen LogP contribution in [0.4, 0.5) is 4.79 Å². The van der Waals surface area contributed by atoms with Gasteiger partial charge >= 0.3 is 6.09 Å². The molecule has 7 nitrogen and oxygen atoms in total. The van der Waals surface area contributed by atoms with Crippen LogP contribution in [0.5, 0.6) is 11.5 Å². The molecule has 0 bridgehead atoms. The van der Waals surface area contributed by atoms with Crippen molar-refractivity contribution in [2.24, 2.45) is 0 Å². The first-order valence-electron chi connectivity index (χ1n) is 17.0. The van der Waals surface area contributed by atoms with E-state index < -0.39 is 11.6 Å². The van der Waals surface area contributed by atoms with E-state index in [1.165, 1.54) is 4.90 Å². The molecule has 0 radical (unpaired) electrons. The van der Waals surface area contributed by atoms with Crippen LogP contribution < -0.4 is 14.8 Å². The van der Waals surface area contributed by atoms with Gasteiger partial charge in [-0.3, -0.25) is 4.79 Å². The number of nitrogens with zero attached hydrogens (tertiary/aromatic N) is 1. The Bertz CT molecular complexity index is 1760. The maximum absolute atomic E-state index is 12.5. The van der Waals surface area contributed by atoms with Crippen molar-refractivity contribution in [3.8, 4) is 22.6 Å². The number of ether oxygens (including phenoxy) is 2. The Balaban J connectivity index is 1.55. The molecule has 2 amide bonds. The Morgan fingerprint density at radius 3 is 2.10 bits per heavy atom. The summed E-state index contributed by atoms with van der Waals surface area (Å²) < 4.78 is 11.7. The highest BCUT2D eigenvalue weighted by Crippen LogP contribution is 2.36. The largest absolute Gasteiger partial charge is 0.490 e. The number of carbonyl (C=O) groups excluding carboxylic acids is 1. The monoisotopic (exact) mass is 718 g/mol. The van der Waals surface area contributed by atoms with Crippen LogP contribution >= 0.6 is 23.2 Å². The maximum Gasteiger partial charge on any atom is 0.407 e. The molecule has 0 saturated heterocycles. The number of rotatable bonds is 14. The number of hydrogen-bond acceptors (Lipinski definition) is 4. The molecular weight excluding hydrogens is 671 g/mol. The van der Waals surface area contributed by atoms with Gasteiger partial charge in [0.25, 0.3) is 0 Å². The number of carboxylic acid groups (broad SMARTS) is 1. The fourth-order valence-corrected chi connectivity index (χ4v) is 6.98. The lowest BCUT2D eigenvalue weighted by atomic mass is 9.85. The van der Waals surface area contributed by atoms with Gasteiger partial charge in [-0.05, 0) is 111 Å². The predicted octanol–water partition coefficient (Wildman–Crippen LogP) is 10.4. The van der Waals surface area contributed by atoms with Gasteiger partial charge in [0.15, 0.2) is 5.75 Å². The van der Waals surface area contributed by atoms with E-state index in [-0.39, 0.29) is 24.5 Å². The minimum Gasteiger partial charge on any atom is -0.490 e. The number of halogens is 2. The van der Waals surface area contributed by atoms with Gasteiger partial charge in [0.2, 0.25) is 5.91 Å². The average molecular weight is 720 g/mol. The Hall–Kier alpha value is -4.20. The van der Waals surface area contributed by atoms with Crippen LogP contribution in [0.3, 0.4) is 0 Å². The maximum atomic E-state index is 12.5. The first-order chi connectivity index (χ1) is 23.7. The highest BCUT2D eigenvalue weighted by molar-refractivity contribution is 6.37. The summed E-state index contributed by atoms with van der Waals surface area (Å²) in [7, 11) is 0. The van der Waals surface area contributed by atoms with Crippen LogP contribution in [0, 0.1) is 13.8 Å². The molecule has 0 heterocycles. The second-order valence-corrected chi connectivity index (χ2v) is 14.5. The molecule has 4 aromatic carbocycles. The summed E-state index contributed by atoms with van der Waals surface area (Å²) in [6.07, 6.45) is 0.446. The zero-order valence-electron chi connectivity index (χ0n) is 30.0. The third-order valence-corrected chi connectivity index (χ3v) is 9.29. The van der Waals surface area contributed by atoms with Gasteiger partial charge in [-0.15, -0.1) is 0 Å². The van der Waals surface area contributed by atoms with Crippen LogP contribution in [0.15, 0.2) is 78.9 Å². The predicted molar refractivity (Wildman–Crippen MR) is 203 cm³/mol. The number of nitrogens with one attached hydrogen (secondary N) is 1. The van der Waals surface area contributed by atoms with Gasteiger partial charge in [-0.2, -0.15) is 0 Å². The molecule has 50 heavy (non-hydrogen) atoms. The average Bonchev–Trinajstić information content (AvgIpc) is 3.04. The van der Waals surface area contributed by atoms with E-state index in [9.17, 15) is 14.7 Å². The Kier molecular flexibility index (Phi) is 13.2. The van der Waals surface area contributed by atoms with Gasteiger partial charge in [0.05, 0.1) is 16.1 Å². The third kappa shape index (κ3) is 10.2. The van der Waals surface area contributed by atoms with Crippen LogP contribution in [0.25, 0.3) is 11.1 Å². The Labute approximate surface area is 306 Å². The molecule has 2 unspecified atom stereocenters. The summed E-state index contributed by atoms with van der Waals surface area (Å²) in [6.45, 7) is 14.3. The highest BCUT2D eigenvalue weighted by atomic mass is 35.5. The summed E-state index contributed by atoms with van der Waals surface area (Å²) in [4.78, 5) is 25.9. The molecule has 9 heteroatoms. The summed E-state index contributed by atoms with van der Waals surface area (Å²) in [5.41, 5.74) is 6.77. The van der Waals surface area contributed by atoms with Crippen molar-refractivity contribution in [2.45, 2.75) is 78.8 Å². The van der Waals surface area contributed by atoms with E-state index in [0.29, 0.717) is 41.1 Å². The number of amides is 2. The van der Waals surface area contributed by atoms with E-state index in [1.54, 1.807) is 19.1 Å². The molecule has 0 aliphatic rings. The first kappa shape index (κ1) is 38.6. The van der Waals surface area contributed by atoms with E-state index in [0.717, 1.165) is 45.4 Å². The van der Waals surface area contributed by atoms with E-state index in [4.69, 9.17) is 32.7 Å². The molecule has 4 rings (SSSR count). The minimum atomic E-state index is -0.951. The lowest BCUT2D eigenvalue weighted by Gasteiger charge is -2.36. The van der Waals surface area contributed by atoms with Crippen molar-refractivity contribution in [3.05, 3.63) is 117 Å². The van der Waals surface area contributed by atoms with Crippen molar-refractivity contribution in [2.75, 3.05) is 19.8 Å². The van der Waals surface area contributed by atoms with Crippen LogP contribution in [0.1, 0.15) is 80.8 Å². The molecule has 0 fully saturated rings. The molecular formula is C41H48Cl2N2O5. The van der Waals surface area contributed by atoms with Crippen molar-refractivity contribution < 1.29 is 24.2 Å². The van der Waals surface area contributed by atoms with Gasteiger partial charge in [-0.25, -0.2) is 4.79 Å². The molecule has 266 valence electrons. The fourth-order valence-electron chi connectivity index (χ4n) is 6.28. The number of hydrogen-bond donors (Lipinski definition) is 2. The number of benzene rings is 4. The molecule has 2 atom stereocenters. The number of carbonyl (C=O) groups is 2. The summed E-state index contributed by atoms with van der Waals surface area (Å²) in [5, 5.41) is 14.2. The third-order valence-electron chi connectivity index (χ3n) is 8.73. The van der Waals surface area contributed by atoms with Gasteiger partial charge in [0, 0.05) is 24.9 Å². The van der Waals surface area contributed by atoms with Crippen LogP contribution in [-0.4, -0.2) is 47.3 Å². The zero-order chi connectivity index (χ0) is 36.6. The lowest BCUT2D eigenvalue weighted by molar-refractivity contribution is -0.119. The SMILES string of the molecule is CCC(NC(C)=O)c1ccccc1-c1ccc(C(Cc2ccc(OCCOc3c(Cl)cc(C)cc3Cl)cc2)CN(C(=O)O)C(C)(C)C)c(C)c1. The molecule has 0 spiro atoms. The van der Waals surface area contributed by atoms with Crippen molar-refractivity contribution >= 4 is 35.2 Å². The summed E-state index contributed by atoms with van der Waals surface area (Å²) in [6, 6.07) is 25.9. The van der Waals surface area contributed by atoms with Crippen LogP contribution in [0.2, 0.25) is 10.0 Å². The Morgan fingerprint density at radius 1 is 0.880 bits per heavy atom. The summed E-state index contributed by atoms with van der Waals surface area (Å²) in [5.74, 6) is 0.963. The molecule has 4 aromatic rings. The molecule has 2 N–H and O–H groups in total. The fraction of sp³-hybridized carbons (Fsp3) is 0.366. The highest BCUT2D eigenvalue weighted by Gasteiger charge is 2.30. The van der Waals surface area contributed by atoms with Gasteiger partial charge < -0.3 is 24.8 Å². The number of aryl methyl sites for hydroxylation is 2. The first-order valence-corrected chi connectivity index (χ1v) is 17.7. The zero-order valence-corrected chi connectivity index (χ0v) is 31.5. The second-order valence-electron chi connectivity index (χ2n) is 13.7. The van der Waals surface area contributed by atoms with Crippen molar-refractivity contribution in [3.63, 3.8) is 0 Å². The lowest BCUT2D eigenvalue weighted by Crippen LogP contribution is -2.47. The van der Waals surface area contributed by atoms with E-state index in [1.807, 2.05) is 64.1 Å². The van der Waals surface area contributed by atoms with Gasteiger partial charge in [-0.1, -0.05) is 84.7 Å². The normalized spacial score (nSPS) is 12.6. The molecule has 0 aromatic heterocycles. The smallest absolute Gasteiger partial charge is 0.407 e. The minimum absolute atomic E-state index is 0.0645. The second kappa shape index (κ2) is 17.1. The molecule has 0 aliphatic carbocycles. The topological polar surface area (TPSA) is 88.1 Å². The quantitative estimate of drug-likeness (QED) is 0.127. The Morgan fingerprint density at radius 2 is 1.52 bits per heavy atom. The standard InChI is InChI=1S/C41H48Cl2N2O5/c1-8-38(44-28(4)46)35-12-10-9-11-34(35)30-15-18-33(27(3)23-30)31(25-45(40(47)48)41(5,6)7)24-29-13-16-32(17-14-29)49-19-20-50-39-36(42)21-26(2)22-37(39)43/h9-18,21-23,31,38H,8,19-20,24-25H2,1-7H3,(H,44,46)(H,47,48). The molecule has 0 aliphatic heterocycles. The van der Waals surface area contributed by atoms with E-state index in [2.05, 4.69) is 49.5 Å². The summed E-state index contributed by atoms with van der Waals surface area (Å²) >= 11 is 12.6.